The van der Waals surface area contributed by atoms with E-state index in [0.29, 0.717) is 36.4 Å². The van der Waals surface area contributed by atoms with Gasteiger partial charge in [-0.2, -0.15) is 0 Å². The highest BCUT2D eigenvalue weighted by molar-refractivity contribution is 6.31. The number of ether oxygens (including phenoxy) is 2. The Morgan fingerprint density at radius 3 is 2.53 bits per heavy atom. The van der Waals surface area contributed by atoms with E-state index >= 15 is 0 Å². The number of imidazole rings is 1. The molecule has 4 fully saturated rings. The molecular weight excluding hydrogens is 461 g/mol. The average molecular weight is 490 g/mol. The van der Waals surface area contributed by atoms with Crippen LogP contribution in [0.25, 0.3) is 0 Å². The first-order valence-corrected chi connectivity index (χ1v) is 12.4. The van der Waals surface area contributed by atoms with Crippen molar-refractivity contribution in [3.8, 4) is 0 Å². The molecule has 1 saturated heterocycles. The number of hydrogen-bond acceptors (Lipinski definition) is 5. The molecule has 9 heteroatoms. The average Bonchev–Trinajstić information content (AvgIpc) is 3.51. The third-order valence-electron chi connectivity index (χ3n) is 8.51. The fraction of sp³-hybridized carbons (Fsp3) is 0.600. The number of halogens is 2. The number of aryl methyl sites for hydroxylation is 1. The van der Waals surface area contributed by atoms with E-state index in [1.165, 1.54) is 18.2 Å². The molecule has 1 amide bonds. The number of rotatable bonds is 4. The molecule has 182 valence electrons. The molecule has 3 aliphatic carbocycles. The summed E-state index contributed by atoms with van der Waals surface area (Å²) < 4.78 is 26.7. The van der Waals surface area contributed by atoms with Gasteiger partial charge < -0.3 is 24.5 Å². The molecule has 1 aliphatic heterocycles. The largest absolute Gasteiger partial charge is 0.390 e. The summed E-state index contributed by atoms with van der Waals surface area (Å²) in [5.74, 6) is -0.00948. The first-order chi connectivity index (χ1) is 16.3. The monoisotopic (exact) mass is 489 g/mol. The van der Waals surface area contributed by atoms with Gasteiger partial charge in [-0.25, -0.2) is 9.37 Å². The minimum absolute atomic E-state index is 0.0393. The number of anilines is 1. The van der Waals surface area contributed by atoms with Crippen LogP contribution in [0.2, 0.25) is 5.02 Å². The molecule has 2 N–H and O–H groups in total. The van der Waals surface area contributed by atoms with Gasteiger partial charge in [-0.15, -0.1) is 0 Å². The summed E-state index contributed by atoms with van der Waals surface area (Å²) in [7, 11) is 1.80. The van der Waals surface area contributed by atoms with Crippen molar-refractivity contribution in [1.82, 2.24) is 9.55 Å². The van der Waals surface area contributed by atoms with Crippen molar-refractivity contribution in [1.29, 1.82) is 0 Å². The predicted octanol–water partition coefficient (Wildman–Crippen LogP) is 4.25. The number of aromatic nitrogens is 2. The second-order valence-electron chi connectivity index (χ2n) is 10.6. The summed E-state index contributed by atoms with van der Waals surface area (Å²) in [5.41, 5.74) is 1.09. The van der Waals surface area contributed by atoms with Gasteiger partial charge in [0.15, 0.2) is 5.79 Å². The molecular formula is C25H29ClFN3O4. The number of carbonyl (C=O) groups is 1. The number of amides is 1. The van der Waals surface area contributed by atoms with Gasteiger partial charge in [0.05, 0.1) is 35.9 Å². The molecule has 3 saturated carbocycles. The first kappa shape index (κ1) is 22.5. The molecule has 1 aromatic heterocycles. The lowest BCUT2D eigenvalue weighted by Gasteiger charge is -2.49. The Morgan fingerprint density at radius 1 is 1.21 bits per heavy atom. The van der Waals surface area contributed by atoms with Gasteiger partial charge in [-0.1, -0.05) is 11.6 Å². The quantitative estimate of drug-likeness (QED) is 0.670. The molecule has 1 spiro atoms. The Hall–Kier alpha value is -2.00. The number of aliphatic hydroxyl groups is 1. The van der Waals surface area contributed by atoms with Crippen LogP contribution in [0.3, 0.4) is 0 Å². The van der Waals surface area contributed by atoms with E-state index in [0.717, 1.165) is 44.2 Å². The van der Waals surface area contributed by atoms with E-state index in [1.807, 2.05) is 0 Å². The van der Waals surface area contributed by atoms with Crippen molar-refractivity contribution in [3.63, 3.8) is 0 Å². The zero-order valence-corrected chi connectivity index (χ0v) is 19.9. The standard InChI is InChI=1S/C25H29ClFN3O4/c1-30-13-28-21(22(30)23(31)29-18-2-3-20(27)19(26)8-18)14-6-15-9-24(32,10-16(15)7-14)17-11-25(12-17)33-4-5-34-25/h2-3,8,13-17,32H,4-7,9-12H2,1H3,(H,29,31). The maximum absolute atomic E-state index is 13.5. The maximum Gasteiger partial charge on any atom is 0.274 e. The number of benzene rings is 1. The second kappa shape index (κ2) is 8.01. The van der Waals surface area contributed by atoms with Gasteiger partial charge in [0.25, 0.3) is 5.91 Å². The fourth-order valence-corrected chi connectivity index (χ4v) is 7.03. The van der Waals surface area contributed by atoms with Gasteiger partial charge in [0.2, 0.25) is 0 Å². The van der Waals surface area contributed by atoms with Gasteiger partial charge in [0, 0.05) is 31.5 Å². The Balaban J connectivity index is 1.13. The predicted molar refractivity (Wildman–Crippen MR) is 123 cm³/mol. The lowest BCUT2D eigenvalue weighted by atomic mass is 9.67. The highest BCUT2D eigenvalue weighted by Gasteiger charge is 2.60. The van der Waals surface area contributed by atoms with Crippen molar-refractivity contribution < 1.29 is 23.8 Å². The topological polar surface area (TPSA) is 85.6 Å². The summed E-state index contributed by atoms with van der Waals surface area (Å²) >= 11 is 5.86. The van der Waals surface area contributed by atoms with Crippen molar-refractivity contribution in [3.05, 3.63) is 46.8 Å². The lowest BCUT2D eigenvalue weighted by molar-refractivity contribution is -0.260. The van der Waals surface area contributed by atoms with Crippen molar-refractivity contribution in [2.45, 2.75) is 55.8 Å². The number of fused-ring (bicyclic) bond motifs is 1. The highest BCUT2D eigenvalue weighted by Crippen LogP contribution is 2.60. The summed E-state index contributed by atoms with van der Waals surface area (Å²) in [6.07, 6.45) is 6.64. The molecule has 7 nitrogen and oxygen atoms in total. The van der Waals surface area contributed by atoms with Crippen LogP contribution >= 0.6 is 11.6 Å². The van der Waals surface area contributed by atoms with Crippen LogP contribution in [0.4, 0.5) is 10.1 Å². The van der Waals surface area contributed by atoms with Gasteiger partial charge in [0.1, 0.15) is 11.5 Å². The SMILES string of the molecule is Cn1cnc(C2CC3CC(O)(C4CC5(C4)OCCO5)CC3C2)c1C(=O)Nc1ccc(F)c(Cl)c1. The second-order valence-corrected chi connectivity index (χ2v) is 11.0. The van der Waals surface area contributed by atoms with Crippen molar-refractivity contribution in [2.75, 3.05) is 18.5 Å². The Labute approximate surface area is 202 Å². The van der Waals surface area contributed by atoms with Crippen molar-refractivity contribution >= 4 is 23.2 Å². The molecule has 0 bridgehead atoms. The summed E-state index contributed by atoms with van der Waals surface area (Å²) in [4.78, 5) is 17.7. The molecule has 4 aliphatic rings. The molecule has 6 rings (SSSR count). The van der Waals surface area contributed by atoms with E-state index in [4.69, 9.17) is 21.1 Å². The summed E-state index contributed by atoms with van der Waals surface area (Å²) in [6, 6.07) is 4.12. The maximum atomic E-state index is 13.5. The Morgan fingerprint density at radius 2 is 1.88 bits per heavy atom. The third-order valence-corrected chi connectivity index (χ3v) is 8.80. The van der Waals surface area contributed by atoms with E-state index in [1.54, 1.807) is 17.9 Å². The van der Waals surface area contributed by atoms with E-state index < -0.39 is 17.2 Å². The molecule has 2 heterocycles. The summed E-state index contributed by atoms with van der Waals surface area (Å²) in [6.45, 7) is 1.29. The van der Waals surface area contributed by atoms with E-state index in [2.05, 4.69) is 10.3 Å². The lowest BCUT2D eigenvalue weighted by Crippen LogP contribution is -2.54. The highest BCUT2D eigenvalue weighted by atomic mass is 35.5. The third kappa shape index (κ3) is 3.66. The molecule has 2 aromatic rings. The molecule has 1 aromatic carbocycles. The van der Waals surface area contributed by atoms with Crippen molar-refractivity contribution in [2.24, 2.45) is 24.8 Å². The number of hydrogen-bond donors (Lipinski definition) is 2. The van der Waals surface area contributed by atoms with E-state index in [9.17, 15) is 14.3 Å². The zero-order chi connectivity index (χ0) is 23.7. The number of nitrogens with zero attached hydrogens (tertiary/aromatic N) is 2. The van der Waals surface area contributed by atoms with Gasteiger partial charge in [-0.05, 0) is 61.6 Å². The van der Waals surface area contributed by atoms with Crippen LogP contribution in [-0.4, -0.2) is 45.2 Å². The van der Waals surface area contributed by atoms with Crippen LogP contribution in [0, 0.1) is 23.6 Å². The minimum atomic E-state index is -0.646. The summed E-state index contributed by atoms with van der Waals surface area (Å²) in [5, 5.41) is 14.2. The Bertz CT molecular complexity index is 1110. The van der Waals surface area contributed by atoms with Gasteiger partial charge in [-0.3, -0.25) is 4.79 Å². The van der Waals surface area contributed by atoms with Crippen LogP contribution in [0.5, 0.6) is 0 Å². The zero-order valence-electron chi connectivity index (χ0n) is 19.1. The fourth-order valence-electron chi connectivity index (χ4n) is 6.85. The minimum Gasteiger partial charge on any atom is -0.390 e. The molecule has 0 radical (unpaired) electrons. The smallest absolute Gasteiger partial charge is 0.274 e. The number of carbonyl (C=O) groups excluding carboxylic acids is 1. The molecule has 2 unspecified atom stereocenters. The van der Waals surface area contributed by atoms with Crippen LogP contribution < -0.4 is 5.32 Å². The molecule has 2 atom stereocenters. The van der Waals surface area contributed by atoms with Crippen LogP contribution in [-0.2, 0) is 16.5 Å². The van der Waals surface area contributed by atoms with Crippen LogP contribution in [0.15, 0.2) is 24.5 Å². The van der Waals surface area contributed by atoms with E-state index in [-0.39, 0.29) is 22.8 Å². The molecule has 34 heavy (non-hydrogen) atoms. The Kier molecular flexibility index (Phi) is 5.30. The first-order valence-electron chi connectivity index (χ1n) is 12.0. The van der Waals surface area contributed by atoms with Crippen LogP contribution in [0.1, 0.15) is 60.6 Å². The number of nitrogens with one attached hydrogen (secondary N) is 1. The van der Waals surface area contributed by atoms with Gasteiger partial charge >= 0.3 is 0 Å². The normalized spacial score (nSPS) is 32.2.